The van der Waals surface area contributed by atoms with Gasteiger partial charge in [-0.1, -0.05) is 0 Å². The van der Waals surface area contributed by atoms with Gasteiger partial charge in [0.1, 0.15) is 0 Å². The summed E-state index contributed by atoms with van der Waals surface area (Å²) in [5.41, 5.74) is 2.36. The minimum Gasteiger partial charge on any atom is -0.338 e. The Balaban J connectivity index is 2.51. The van der Waals surface area contributed by atoms with Crippen molar-refractivity contribution >= 4 is 5.91 Å². The fourth-order valence-corrected chi connectivity index (χ4v) is 1.97. The Bertz CT molecular complexity index is 336. The van der Waals surface area contributed by atoms with E-state index < -0.39 is 17.6 Å². The molecular formula is C12H23F3N4O. The van der Waals surface area contributed by atoms with Crippen LogP contribution >= 0.6 is 0 Å². The lowest BCUT2D eigenvalue weighted by Gasteiger charge is -2.39. The van der Waals surface area contributed by atoms with E-state index in [2.05, 4.69) is 4.90 Å². The van der Waals surface area contributed by atoms with Gasteiger partial charge in [-0.05, 0) is 21.0 Å². The van der Waals surface area contributed by atoms with Gasteiger partial charge in [-0.3, -0.25) is 9.69 Å². The van der Waals surface area contributed by atoms with Crippen LogP contribution in [0.1, 0.15) is 6.92 Å². The van der Waals surface area contributed by atoms with Gasteiger partial charge in [0.05, 0.1) is 0 Å². The van der Waals surface area contributed by atoms with Gasteiger partial charge in [0.15, 0.2) is 5.54 Å². The summed E-state index contributed by atoms with van der Waals surface area (Å²) in [6.45, 7) is 4.18. The predicted octanol–water partition coefficient (Wildman–Crippen LogP) is -0.0281. The number of nitrogens with zero attached hydrogens (tertiary/aromatic N) is 3. The molecular weight excluding hydrogens is 273 g/mol. The van der Waals surface area contributed by atoms with Crippen molar-refractivity contribution in [3.05, 3.63) is 0 Å². The maximum atomic E-state index is 12.7. The zero-order valence-electron chi connectivity index (χ0n) is 12.2. The molecule has 0 saturated carbocycles. The average molecular weight is 296 g/mol. The maximum absolute atomic E-state index is 12.7. The summed E-state index contributed by atoms with van der Waals surface area (Å²) in [6.07, 6.45) is -4.73. The zero-order chi connectivity index (χ0) is 15.6. The van der Waals surface area contributed by atoms with Crippen molar-refractivity contribution in [3.63, 3.8) is 0 Å². The van der Waals surface area contributed by atoms with Crippen LogP contribution < -0.4 is 5.73 Å². The van der Waals surface area contributed by atoms with E-state index in [1.54, 1.807) is 0 Å². The Kier molecular flexibility index (Phi) is 5.39. The Hall–Kier alpha value is -0.860. The first kappa shape index (κ1) is 17.2. The molecule has 2 N–H and O–H groups in total. The molecule has 1 unspecified atom stereocenters. The summed E-state index contributed by atoms with van der Waals surface area (Å²) in [6, 6.07) is 0. The topological polar surface area (TPSA) is 52.8 Å². The molecule has 0 aromatic heterocycles. The Morgan fingerprint density at radius 1 is 1.20 bits per heavy atom. The average Bonchev–Trinajstić information content (AvgIpc) is 2.34. The van der Waals surface area contributed by atoms with Crippen LogP contribution in [0, 0.1) is 0 Å². The number of alkyl halides is 3. The number of likely N-dealkylation sites (N-methyl/N-ethyl adjacent to an activating group) is 1. The zero-order valence-corrected chi connectivity index (χ0v) is 12.2. The summed E-state index contributed by atoms with van der Waals surface area (Å²) in [4.78, 5) is 17.3. The van der Waals surface area contributed by atoms with Crippen LogP contribution in [0.3, 0.4) is 0 Å². The van der Waals surface area contributed by atoms with Crippen LogP contribution in [-0.2, 0) is 4.79 Å². The van der Waals surface area contributed by atoms with E-state index in [1.165, 1.54) is 4.90 Å². The van der Waals surface area contributed by atoms with E-state index in [0.717, 1.165) is 20.0 Å². The summed E-state index contributed by atoms with van der Waals surface area (Å²) < 4.78 is 38.2. The van der Waals surface area contributed by atoms with Gasteiger partial charge in [-0.2, -0.15) is 13.2 Å². The molecule has 1 amide bonds. The van der Waals surface area contributed by atoms with Crippen LogP contribution in [-0.4, -0.2) is 85.7 Å². The van der Waals surface area contributed by atoms with Crippen LogP contribution in [0.15, 0.2) is 0 Å². The molecule has 1 heterocycles. The number of rotatable bonds is 4. The Labute approximate surface area is 117 Å². The molecule has 20 heavy (non-hydrogen) atoms. The van der Waals surface area contributed by atoms with Crippen molar-refractivity contribution in [2.45, 2.75) is 18.6 Å². The van der Waals surface area contributed by atoms with E-state index in [4.69, 9.17) is 5.73 Å². The lowest BCUT2D eigenvalue weighted by Crippen LogP contribution is -2.64. The molecule has 0 aliphatic carbocycles. The summed E-state index contributed by atoms with van der Waals surface area (Å²) in [5.74, 6) is -1.04. The molecule has 0 aromatic rings. The Morgan fingerprint density at radius 2 is 1.70 bits per heavy atom. The molecule has 118 valence electrons. The highest BCUT2D eigenvalue weighted by molar-refractivity contribution is 5.86. The second-order valence-electron chi connectivity index (χ2n) is 5.64. The van der Waals surface area contributed by atoms with Crippen LogP contribution in [0.4, 0.5) is 13.2 Å². The van der Waals surface area contributed by atoms with Gasteiger partial charge in [-0.25, -0.2) is 0 Å². The fourth-order valence-electron chi connectivity index (χ4n) is 1.97. The molecule has 0 bridgehead atoms. The number of nitrogens with two attached hydrogens (primary N) is 1. The van der Waals surface area contributed by atoms with E-state index in [0.29, 0.717) is 13.1 Å². The molecule has 5 nitrogen and oxygen atoms in total. The molecule has 0 radical (unpaired) electrons. The highest BCUT2D eigenvalue weighted by Crippen LogP contribution is 2.29. The number of piperazine rings is 1. The van der Waals surface area contributed by atoms with E-state index in [9.17, 15) is 18.0 Å². The van der Waals surface area contributed by atoms with Crippen LogP contribution in [0.5, 0.6) is 0 Å². The molecule has 1 aliphatic heterocycles. The Morgan fingerprint density at radius 3 is 2.10 bits per heavy atom. The number of carbonyl (C=O) groups excluding carboxylic acids is 1. The van der Waals surface area contributed by atoms with Crippen molar-refractivity contribution in [2.75, 3.05) is 53.4 Å². The molecule has 1 fully saturated rings. The smallest absolute Gasteiger partial charge is 0.338 e. The number of hydrogen-bond acceptors (Lipinski definition) is 4. The molecule has 1 saturated heterocycles. The van der Waals surface area contributed by atoms with Crippen molar-refractivity contribution < 1.29 is 18.0 Å². The normalized spacial score (nSPS) is 21.1. The number of hydrogen-bond donors (Lipinski definition) is 1. The molecule has 0 spiro atoms. The van der Waals surface area contributed by atoms with Gasteiger partial charge < -0.3 is 15.5 Å². The van der Waals surface area contributed by atoms with E-state index >= 15 is 0 Å². The van der Waals surface area contributed by atoms with Gasteiger partial charge in [0.2, 0.25) is 0 Å². The third kappa shape index (κ3) is 4.07. The molecule has 1 rings (SSSR count). The monoisotopic (exact) mass is 296 g/mol. The minimum atomic E-state index is -4.73. The second kappa shape index (κ2) is 6.28. The van der Waals surface area contributed by atoms with E-state index in [-0.39, 0.29) is 13.1 Å². The summed E-state index contributed by atoms with van der Waals surface area (Å²) >= 11 is 0. The highest BCUT2D eigenvalue weighted by atomic mass is 19.4. The van der Waals surface area contributed by atoms with Gasteiger partial charge in [0, 0.05) is 39.3 Å². The number of halogens is 3. The maximum Gasteiger partial charge on any atom is 0.415 e. The molecule has 8 heteroatoms. The van der Waals surface area contributed by atoms with Crippen LogP contribution in [0.2, 0.25) is 0 Å². The standard InChI is InChI=1S/C12H23F3N4O/c1-11(16,12(13,14)15)10(20)19-8-6-18(7-9-19)5-4-17(2)3/h4-9,16H2,1-3H3. The fraction of sp³-hybridized carbons (Fsp3) is 0.917. The predicted molar refractivity (Wildman–Crippen MR) is 70.2 cm³/mol. The lowest BCUT2D eigenvalue weighted by atomic mass is 10.0. The third-order valence-electron chi connectivity index (χ3n) is 3.56. The number of amides is 1. The van der Waals surface area contributed by atoms with Gasteiger partial charge in [-0.15, -0.1) is 0 Å². The van der Waals surface area contributed by atoms with Gasteiger partial charge in [0.25, 0.3) is 5.91 Å². The first-order valence-corrected chi connectivity index (χ1v) is 6.58. The third-order valence-corrected chi connectivity index (χ3v) is 3.56. The van der Waals surface area contributed by atoms with Crippen molar-refractivity contribution in [1.82, 2.24) is 14.7 Å². The van der Waals surface area contributed by atoms with Crippen molar-refractivity contribution in [2.24, 2.45) is 5.73 Å². The minimum absolute atomic E-state index is 0.287. The summed E-state index contributed by atoms with van der Waals surface area (Å²) in [7, 11) is 3.92. The highest BCUT2D eigenvalue weighted by Gasteiger charge is 2.55. The van der Waals surface area contributed by atoms with Crippen molar-refractivity contribution in [3.8, 4) is 0 Å². The summed E-state index contributed by atoms with van der Waals surface area (Å²) in [5, 5.41) is 0. The molecule has 0 aromatic carbocycles. The molecule has 1 atom stereocenters. The van der Waals surface area contributed by atoms with Gasteiger partial charge >= 0.3 is 6.18 Å². The molecule has 1 aliphatic rings. The number of carbonyl (C=O) groups is 1. The quantitative estimate of drug-likeness (QED) is 0.792. The van der Waals surface area contributed by atoms with Crippen LogP contribution in [0.25, 0.3) is 0 Å². The largest absolute Gasteiger partial charge is 0.415 e. The second-order valence-corrected chi connectivity index (χ2v) is 5.64. The van der Waals surface area contributed by atoms with Crippen molar-refractivity contribution in [1.29, 1.82) is 0 Å². The first-order chi connectivity index (χ1) is 9.05. The SMILES string of the molecule is CN(C)CCN1CCN(C(=O)C(C)(N)C(F)(F)F)CC1. The van der Waals surface area contributed by atoms with E-state index in [1.807, 2.05) is 19.0 Å². The first-order valence-electron chi connectivity index (χ1n) is 6.58. The lowest BCUT2D eigenvalue weighted by molar-refractivity contribution is -0.194.